The van der Waals surface area contributed by atoms with Crippen molar-refractivity contribution >= 4 is 17.8 Å². The lowest BCUT2D eigenvalue weighted by Crippen LogP contribution is -2.37. The normalized spacial score (nSPS) is 17.3. The lowest BCUT2D eigenvalue weighted by molar-refractivity contribution is -0.122. The number of aromatic nitrogens is 1. The first-order valence-corrected chi connectivity index (χ1v) is 14.7. The molecule has 1 aliphatic heterocycles. The van der Waals surface area contributed by atoms with Crippen LogP contribution in [0.5, 0.6) is 0 Å². The number of amides is 2. The topological polar surface area (TPSA) is 102 Å². The zero-order chi connectivity index (χ0) is 30.1. The third-order valence-corrected chi connectivity index (χ3v) is 8.55. The first-order chi connectivity index (χ1) is 20.9. The van der Waals surface area contributed by atoms with Crippen LogP contribution in [0.1, 0.15) is 80.8 Å². The summed E-state index contributed by atoms with van der Waals surface area (Å²) < 4.78 is 10.3. The highest BCUT2D eigenvalue weighted by atomic mass is 16.5. The van der Waals surface area contributed by atoms with Crippen molar-refractivity contribution in [1.29, 1.82) is 0 Å². The van der Waals surface area contributed by atoms with Gasteiger partial charge in [-0.1, -0.05) is 73.6 Å². The molecule has 2 aliphatic rings. The summed E-state index contributed by atoms with van der Waals surface area (Å²) in [6.07, 6.45) is 2.98. The fraction of sp³-hybridized carbons (Fsp3) is 0.314. The average molecular weight is 578 g/mol. The molecule has 2 atom stereocenters. The SMILES string of the molecule is COC(=O)c1cccc(-c2ccc(CNC(=O)[C@@H]3C[C@H]3c3ccccc3)c3c2CCN(C(=O)c2cnoc2C(C)C)C3)c1. The number of nitrogens with one attached hydrogen (secondary N) is 1. The maximum Gasteiger partial charge on any atom is 0.337 e. The molecule has 1 N–H and O–H groups in total. The first kappa shape index (κ1) is 28.4. The molecule has 8 heteroatoms. The summed E-state index contributed by atoms with van der Waals surface area (Å²) in [5.41, 5.74) is 7.16. The van der Waals surface area contributed by atoms with Crippen LogP contribution >= 0.6 is 0 Å². The van der Waals surface area contributed by atoms with Gasteiger partial charge in [0.25, 0.3) is 5.91 Å². The quantitative estimate of drug-likeness (QED) is 0.263. The van der Waals surface area contributed by atoms with Gasteiger partial charge >= 0.3 is 5.97 Å². The first-order valence-electron chi connectivity index (χ1n) is 14.7. The van der Waals surface area contributed by atoms with Crippen LogP contribution in [0.4, 0.5) is 0 Å². The van der Waals surface area contributed by atoms with Gasteiger partial charge in [-0.2, -0.15) is 0 Å². The molecule has 1 aliphatic carbocycles. The number of methoxy groups -OCH3 is 1. The second kappa shape index (κ2) is 11.9. The Morgan fingerprint density at radius 1 is 1.05 bits per heavy atom. The van der Waals surface area contributed by atoms with E-state index in [1.807, 2.05) is 61.2 Å². The Morgan fingerprint density at radius 2 is 1.86 bits per heavy atom. The molecule has 0 bridgehead atoms. The van der Waals surface area contributed by atoms with E-state index in [9.17, 15) is 14.4 Å². The van der Waals surface area contributed by atoms with Crippen LogP contribution in [0.15, 0.2) is 77.4 Å². The second-order valence-corrected chi connectivity index (χ2v) is 11.6. The molecule has 0 spiro atoms. The van der Waals surface area contributed by atoms with Crippen molar-refractivity contribution in [3.63, 3.8) is 0 Å². The summed E-state index contributed by atoms with van der Waals surface area (Å²) in [7, 11) is 1.37. The van der Waals surface area contributed by atoms with Crippen molar-refractivity contribution in [2.75, 3.05) is 13.7 Å². The van der Waals surface area contributed by atoms with E-state index in [-0.39, 0.29) is 29.6 Å². The van der Waals surface area contributed by atoms with Gasteiger partial charge in [-0.3, -0.25) is 9.59 Å². The molecular weight excluding hydrogens is 542 g/mol. The van der Waals surface area contributed by atoms with Crippen LogP contribution < -0.4 is 5.32 Å². The lowest BCUT2D eigenvalue weighted by atomic mass is 9.87. The van der Waals surface area contributed by atoms with E-state index in [1.165, 1.54) is 18.9 Å². The number of nitrogens with zero attached hydrogens (tertiary/aromatic N) is 2. The van der Waals surface area contributed by atoms with Gasteiger partial charge in [-0.15, -0.1) is 0 Å². The number of carbonyl (C=O) groups excluding carboxylic acids is 3. The molecular formula is C35H35N3O5. The van der Waals surface area contributed by atoms with E-state index in [1.54, 1.807) is 6.07 Å². The third-order valence-electron chi connectivity index (χ3n) is 8.55. The Morgan fingerprint density at radius 3 is 2.63 bits per heavy atom. The summed E-state index contributed by atoms with van der Waals surface area (Å²) >= 11 is 0. The maximum absolute atomic E-state index is 13.7. The molecule has 220 valence electrons. The Labute approximate surface area is 251 Å². The number of fused-ring (bicyclic) bond motifs is 1. The molecule has 6 rings (SSSR count). The predicted octanol–water partition coefficient (Wildman–Crippen LogP) is 5.87. The zero-order valence-electron chi connectivity index (χ0n) is 24.6. The third kappa shape index (κ3) is 5.69. The van der Waals surface area contributed by atoms with Crippen molar-refractivity contribution in [1.82, 2.24) is 15.4 Å². The van der Waals surface area contributed by atoms with Gasteiger partial charge in [0.1, 0.15) is 5.56 Å². The van der Waals surface area contributed by atoms with E-state index in [4.69, 9.17) is 9.26 Å². The minimum Gasteiger partial charge on any atom is -0.465 e. The monoisotopic (exact) mass is 577 g/mol. The minimum atomic E-state index is -0.393. The van der Waals surface area contributed by atoms with Gasteiger partial charge in [0, 0.05) is 31.5 Å². The molecule has 0 radical (unpaired) electrons. The Kier molecular flexibility index (Phi) is 7.84. The molecule has 4 aromatic rings. The summed E-state index contributed by atoms with van der Waals surface area (Å²) in [6, 6.07) is 21.6. The van der Waals surface area contributed by atoms with Gasteiger partial charge in [-0.25, -0.2) is 4.79 Å². The zero-order valence-corrected chi connectivity index (χ0v) is 24.6. The molecule has 2 heterocycles. The van der Waals surface area contributed by atoms with Crippen LogP contribution in [0, 0.1) is 5.92 Å². The van der Waals surface area contributed by atoms with Crippen LogP contribution in [-0.2, 0) is 29.0 Å². The highest BCUT2D eigenvalue weighted by molar-refractivity contribution is 5.95. The number of carbonyl (C=O) groups is 3. The molecule has 2 amide bonds. The van der Waals surface area contributed by atoms with Crippen molar-refractivity contribution in [2.45, 2.75) is 51.6 Å². The Bertz CT molecular complexity index is 1680. The highest BCUT2D eigenvalue weighted by Crippen LogP contribution is 2.47. The maximum atomic E-state index is 13.7. The van der Waals surface area contributed by atoms with Crippen LogP contribution in [0.2, 0.25) is 0 Å². The molecule has 43 heavy (non-hydrogen) atoms. The molecule has 1 saturated carbocycles. The number of rotatable bonds is 8. The Hall–Kier alpha value is -4.72. The van der Waals surface area contributed by atoms with E-state index in [0.29, 0.717) is 42.9 Å². The fourth-order valence-electron chi connectivity index (χ4n) is 6.14. The number of hydrogen-bond donors (Lipinski definition) is 1. The van der Waals surface area contributed by atoms with Crippen molar-refractivity contribution in [2.24, 2.45) is 5.92 Å². The summed E-state index contributed by atoms with van der Waals surface area (Å²) in [6.45, 7) is 5.23. The number of ether oxygens (including phenoxy) is 1. The standard InChI is InChI=1S/C35H35N3O5/c1-21(2)32-30(19-37-43-32)34(40)38-15-14-27-26(23-10-7-11-24(16-23)35(41)42-3)13-12-25(31(27)20-38)18-36-33(39)29-17-28(29)22-8-5-4-6-9-22/h4-13,16,19,21,28-29H,14-15,17-18,20H2,1-3H3,(H,36,39)/t28-,29+/m0/s1. The molecule has 1 aromatic heterocycles. The van der Waals surface area contributed by atoms with Crippen LogP contribution in [-0.4, -0.2) is 41.5 Å². The minimum absolute atomic E-state index is 0.0279. The largest absolute Gasteiger partial charge is 0.465 e. The van der Waals surface area contributed by atoms with Crippen molar-refractivity contribution < 1.29 is 23.6 Å². The van der Waals surface area contributed by atoms with E-state index < -0.39 is 5.97 Å². The summed E-state index contributed by atoms with van der Waals surface area (Å²) in [4.78, 5) is 40.9. The molecule has 3 aromatic carbocycles. The fourth-order valence-corrected chi connectivity index (χ4v) is 6.14. The van der Waals surface area contributed by atoms with Crippen molar-refractivity contribution in [3.8, 4) is 11.1 Å². The Balaban J connectivity index is 1.29. The summed E-state index contributed by atoms with van der Waals surface area (Å²) in [5.74, 6) is 0.371. The van der Waals surface area contributed by atoms with E-state index in [2.05, 4.69) is 28.7 Å². The number of benzene rings is 3. The summed E-state index contributed by atoms with van der Waals surface area (Å²) in [5, 5.41) is 7.06. The lowest BCUT2D eigenvalue weighted by Gasteiger charge is -2.32. The van der Waals surface area contributed by atoms with Gasteiger partial charge in [-0.05, 0) is 64.3 Å². The van der Waals surface area contributed by atoms with E-state index in [0.717, 1.165) is 34.2 Å². The van der Waals surface area contributed by atoms with Gasteiger partial charge in [0.15, 0.2) is 5.76 Å². The molecule has 1 fully saturated rings. The molecule has 0 unspecified atom stereocenters. The van der Waals surface area contributed by atoms with E-state index >= 15 is 0 Å². The number of esters is 1. The smallest absolute Gasteiger partial charge is 0.337 e. The van der Waals surface area contributed by atoms with Crippen LogP contribution in [0.25, 0.3) is 11.1 Å². The van der Waals surface area contributed by atoms with Gasteiger partial charge in [0.05, 0.1) is 18.9 Å². The molecule has 8 nitrogen and oxygen atoms in total. The van der Waals surface area contributed by atoms with Gasteiger partial charge in [0.2, 0.25) is 5.91 Å². The molecule has 0 saturated heterocycles. The average Bonchev–Trinajstić information content (AvgIpc) is 3.70. The highest BCUT2D eigenvalue weighted by Gasteiger charge is 2.43. The second-order valence-electron chi connectivity index (χ2n) is 11.6. The number of hydrogen-bond acceptors (Lipinski definition) is 6. The van der Waals surface area contributed by atoms with Crippen molar-refractivity contribution in [3.05, 3.63) is 112 Å². The van der Waals surface area contributed by atoms with Gasteiger partial charge < -0.3 is 19.5 Å². The predicted molar refractivity (Wildman–Crippen MR) is 161 cm³/mol. The van der Waals surface area contributed by atoms with Crippen LogP contribution in [0.3, 0.4) is 0 Å².